The maximum absolute atomic E-state index is 6.37. The summed E-state index contributed by atoms with van der Waals surface area (Å²) >= 11 is 4.16. The second-order valence-corrected chi connectivity index (χ2v) is 12.8. The van der Waals surface area contributed by atoms with Gasteiger partial charge in [-0.2, -0.15) is 8.75 Å². The Morgan fingerprint density at radius 1 is 0.600 bits per heavy atom. The standard InChI is InChI=1S/C28H32N2O12S3/c1-31-39-13-27(14-40-32-2)9-35-19-7-43-25(23(19)37-11-27)17-5-6-18(22-21(17)29-45-30-22)26-24-20(8-44-26)36-10-28(12-38-24,15-41-33-3)16-42-34-4/h5-8H,9-16H2,1-4H3. The third-order valence-corrected chi connectivity index (χ3v) is 9.85. The van der Waals surface area contributed by atoms with Crippen molar-refractivity contribution in [2.45, 2.75) is 0 Å². The number of rotatable bonds is 14. The van der Waals surface area contributed by atoms with Gasteiger partial charge in [-0.05, 0) is 0 Å². The Morgan fingerprint density at radius 2 is 0.978 bits per heavy atom. The maximum Gasteiger partial charge on any atom is 0.179 e. The lowest BCUT2D eigenvalue weighted by Crippen LogP contribution is -2.42. The lowest BCUT2D eigenvalue weighted by molar-refractivity contribution is -0.327. The highest BCUT2D eigenvalue weighted by Crippen LogP contribution is 2.52. The van der Waals surface area contributed by atoms with Gasteiger partial charge in [0.1, 0.15) is 37.5 Å². The minimum Gasteiger partial charge on any atom is -0.488 e. The monoisotopic (exact) mass is 684 g/mol. The van der Waals surface area contributed by atoms with Crippen LogP contribution < -0.4 is 18.9 Å². The third kappa shape index (κ3) is 6.61. The van der Waals surface area contributed by atoms with Gasteiger partial charge in [-0.3, -0.25) is 0 Å². The van der Waals surface area contributed by atoms with Crippen LogP contribution in [0, 0.1) is 10.8 Å². The number of aromatic nitrogens is 2. The molecule has 0 bridgehead atoms. The molecule has 0 spiro atoms. The van der Waals surface area contributed by atoms with E-state index >= 15 is 0 Å². The Labute approximate surface area is 270 Å². The van der Waals surface area contributed by atoms with Crippen molar-refractivity contribution in [1.82, 2.24) is 8.75 Å². The zero-order valence-electron chi connectivity index (χ0n) is 25.0. The summed E-state index contributed by atoms with van der Waals surface area (Å²) in [5, 5.41) is 3.84. The fraction of sp³-hybridized carbons (Fsp3) is 0.500. The lowest BCUT2D eigenvalue weighted by atomic mass is 9.92. The minimum atomic E-state index is -0.663. The van der Waals surface area contributed by atoms with E-state index in [0.717, 1.165) is 43.6 Å². The topological polar surface area (TPSA) is 137 Å². The Kier molecular flexibility index (Phi) is 10.3. The Bertz CT molecular complexity index is 1450. The second-order valence-electron chi connectivity index (χ2n) is 10.5. The van der Waals surface area contributed by atoms with Crippen molar-refractivity contribution >= 4 is 45.4 Å². The first kappa shape index (κ1) is 32.3. The van der Waals surface area contributed by atoms with Gasteiger partial charge in [0.25, 0.3) is 0 Å². The fourth-order valence-electron chi connectivity index (χ4n) is 4.89. The van der Waals surface area contributed by atoms with Crippen LogP contribution in [0.4, 0.5) is 0 Å². The summed E-state index contributed by atoms with van der Waals surface area (Å²) in [6.45, 7) is 1.78. The molecule has 0 atom stereocenters. The van der Waals surface area contributed by atoms with E-state index in [4.69, 9.17) is 58.0 Å². The fourth-order valence-corrected chi connectivity index (χ4v) is 7.38. The molecule has 0 aliphatic carbocycles. The van der Waals surface area contributed by atoms with Crippen molar-refractivity contribution in [1.29, 1.82) is 0 Å². The highest BCUT2D eigenvalue weighted by molar-refractivity contribution is 7.15. The first-order valence-electron chi connectivity index (χ1n) is 13.7. The quantitative estimate of drug-likeness (QED) is 0.130. The minimum absolute atomic E-state index is 0.182. The molecule has 0 saturated carbocycles. The summed E-state index contributed by atoms with van der Waals surface area (Å²) in [4.78, 5) is 42.2. The summed E-state index contributed by atoms with van der Waals surface area (Å²) in [5.41, 5.74) is 1.89. The molecule has 14 nitrogen and oxygen atoms in total. The Balaban J connectivity index is 1.29. The molecule has 3 aromatic heterocycles. The van der Waals surface area contributed by atoms with Crippen LogP contribution in [0.3, 0.4) is 0 Å². The molecule has 0 amide bonds. The van der Waals surface area contributed by atoms with Crippen LogP contribution in [0.1, 0.15) is 0 Å². The number of benzene rings is 1. The number of fused-ring (bicyclic) bond motifs is 3. The van der Waals surface area contributed by atoms with Gasteiger partial charge in [0.2, 0.25) is 0 Å². The summed E-state index contributed by atoms with van der Waals surface area (Å²) in [6.07, 6.45) is 0. The zero-order chi connectivity index (χ0) is 31.3. The average Bonchev–Trinajstić information content (AvgIpc) is 3.77. The summed E-state index contributed by atoms with van der Waals surface area (Å²) in [6, 6.07) is 4.03. The van der Waals surface area contributed by atoms with Gasteiger partial charge in [0.15, 0.2) is 23.0 Å². The van der Waals surface area contributed by atoms with Gasteiger partial charge in [-0.25, -0.2) is 39.1 Å². The normalized spacial score (nSPS) is 16.9. The van der Waals surface area contributed by atoms with E-state index in [0.29, 0.717) is 23.0 Å². The first-order valence-corrected chi connectivity index (χ1v) is 16.2. The van der Waals surface area contributed by atoms with Gasteiger partial charge in [-0.1, -0.05) is 12.1 Å². The Morgan fingerprint density at radius 3 is 1.36 bits per heavy atom. The van der Waals surface area contributed by atoms with Crippen LogP contribution >= 0.6 is 34.4 Å². The van der Waals surface area contributed by atoms with Crippen molar-refractivity contribution in [2.24, 2.45) is 10.8 Å². The molecule has 4 aromatic rings. The van der Waals surface area contributed by atoms with Crippen molar-refractivity contribution in [3.63, 3.8) is 0 Å². The van der Waals surface area contributed by atoms with Gasteiger partial charge in [-0.15, -0.1) is 22.7 Å². The third-order valence-electron chi connectivity index (χ3n) is 7.38. The molecule has 0 unspecified atom stereocenters. The average molecular weight is 685 g/mol. The predicted octanol–water partition coefficient (Wildman–Crippen LogP) is 4.98. The smallest absolute Gasteiger partial charge is 0.179 e. The summed E-state index contributed by atoms with van der Waals surface area (Å²) < 4.78 is 34.5. The highest BCUT2D eigenvalue weighted by atomic mass is 32.1. The molecule has 0 N–H and O–H groups in total. The van der Waals surface area contributed by atoms with Gasteiger partial charge in [0, 0.05) is 21.9 Å². The van der Waals surface area contributed by atoms with E-state index in [1.165, 1.54) is 51.1 Å². The van der Waals surface area contributed by atoms with E-state index in [1.807, 2.05) is 22.9 Å². The molecule has 2 aliphatic heterocycles. The largest absolute Gasteiger partial charge is 0.488 e. The molecule has 45 heavy (non-hydrogen) atoms. The van der Waals surface area contributed by atoms with E-state index in [1.54, 1.807) is 0 Å². The molecule has 6 rings (SSSR count). The molecule has 1 aromatic carbocycles. The molecule has 0 fully saturated rings. The van der Waals surface area contributed by atoms with E-state index in [9.17, 15) is 0 Å². The van der Waals surface area contributed by atoms with Crippen LogP contribution in [0.2, 0.25) is 0 Å². The zero-order valence-corrected chi connectivity index (χ0v) is 27.4. The number of hydrogen-bond donors (Lipinski definition) is 0. The van der Waals surface area contributed by atoms with Crippen molar-refractivity contribution in [3.8, 4) is 43.9 Å². The predicted molar refractivity (Wildman–Crippen MR) is 163 cm³/mol. The van der Waals surface area contributed by atoms with E-state index in [-0.39, 0.29) is 52.9 Å². The van der Waals surface area contributed by atoms with Crippen LogP contribution in [0.5, 0.6) is 23.0 Å². The highest BCUT2D eigenvalue weighted by Gasteiger charge is 2.40. The van der Waals surface area contributed by atoms with Gasteiger partial charge < -0.3 is 18.9 Å². The van der Waals surface area contributed by atoms with E-state index < -0.39 is 10.8 Å². The summed E-state index contributed by atoms with van der Waals surface area (Å²) in [7, 11) is 5.80. The molecular weight excluding hydrogens is 653 g/mol. The molecule has 244 valence electrons. The molecule has 2 aliphatic rings. The maximum atomic E-state index is 6.37. The van der Waals surface area contributed by atoms with Crippen LogP contribution in [0.25, 0.3) is 31.9 Å². The molecule has 5 heterocycles. The molecular formula is C28H32N2O12S3. The van der Waals surface area contributed by atoms with Crippen molar-refractivity contribution in [2.75, 3.05) is 81.3 Å². The first-order chi connectivity index (χ1) is 22.1. The number of ether oxygens (including phenoxy) is 4. The second kappa shape index (κ2) is 14.4. The van der Waals surface area contributed by atoms with Gasteiger partial charge in [0.05, 0.1) is 87.2 Å². The van der Waals surface area contributed by atoms with Crippen LogP contribution in [-0.4, -0.2) is 90.0 Å². The molecule has 0 saturated heterocycles. The van der Waals surface area contributed by atoms with Crippen LogP contribution in [-0.2, 0) is 39.1 Å². The number of nitrogens with zero attached hydrogens (tertiary/aromatic N) is 2. The van der Waals surface area contributed by atoms with Crippen molar-refractivity contribution in [3.05, 3.63) is 22.9 Å². The Hall–Kier alpha value is -2.68. The van der Waals surface area contributed by atoms with Crippen LogP contribution in [0.15, 0.2) is 22.9 Å². The molecule has 17 heteroatoms. The van der Waals surface area contributed by atoms with Crippen molar-refractivity contribution < 1.29 is 58.0 Å². The van der Waals surface area contributed by atoms with E-state index in [2.05, 4.69) is 8.75 Å². The number of thiophene rings is 2. The lowest BCUT2D eigenvalue weighted by Gasteiger charge is -2.28. The van der Waals surface area contributed by atoms with Gasteiger partial charge >= 0.3 is 0 Å². The number of hydrogen-bond acceptors (Lipinski definition) is 17. The molecule has 0 radical (unpaired) electrons. The summed E-state index contributed by atoms with van der Waals surface area (Å²) in [5.74, 6) is 2.49. The SMILES string of the molecule is COOCC1(COOC)COc2csc(-c3ccc(-c4scc5c4OCC(COOC)(COOC)CO5)c4nsnc34)c2OC1.